The van der Waals surface area contributed by atoms with Crippen LogP contribution in [-0.4, -0.2) is 81.0 Å². The van der Waals surface area contributed by atoms with E-state index in [1.54, 1.807) is 33.5 Å². The summed E-state index contributed by atoms with van der Waals surface area (Å²) in [6.07, 6.45) is 1.83. The second kappa shape index (κ2) is 13.6. The quantitative estimate of drug-likeness (QED) is 0.314. The van der Waals surface area contributed by atoms with E-state index in [4.69, 9.17) is 9.72 Å². The molecular weight excluding hydrogens is 636 g/mol. The number of halogens is 2. The van der Waals surface area contributed by atoms with Crippen LogP contribution in [-0.2, 0) is 14.8 Å². The van der Waals surface area contributed by atoms with E-state index in [1.807, 2.05) is 18.2 Å². The van der Waals surface area contributed by atoms with Gasteiger partial charge in [-0.25, -0.2) is 13.4 Å². The second-order valence-corrected chi connectivity index (χ2v) is 14.5. The highest BCUT2D eigenvalue weighted by molar-refractivity contribution is 9.10. The summed E-state index contributed by atoms with van der Waals surface area (Å²) in [7, 11) is -3.61. The van der Waals surface area contributed by atoms with Crippen LogP contribution in [0.3, 0.4) is 0 Å². The Morgan fingerprint density at radius 3 is 2.45 bits per heavy atom. The summed E-state index contributed by atoms with van der Waals surface area (Å²) in [5.74, 6) is 0.467. The van der Waals surface area contributed by atoms with Crippen LogP contribution in [0.4, 0.5) is 5.13 Å². The van der Waals surface area contributed by atoms with Gasteiger partial charge in [0.1, 0.15) is 0 Å². The summed E-state index contributed by atoms with van der Waals surface area (Å²) in [5.41, 5.74) is 1.29. The average molecular weight is 672 g/mol. The number of hydrogen-bond acceptors (Lipinski definition) is 7. The average Bonchev–Trinajstić information content (AvgIpc) is 3.33. The predicted octanol–water partition coefficient (Wildman–Crippen LogP) is 5.52. The van der Waals surface area contributed by atoms with Gasteiger partial charge in [0.25, 0.3) is 5.91 Å². The van der Waals surface area contributed by atoms with Gasteiger partial charge in [-0.3, -0.25) is 14.6 Å². The third-order valence-corrected chi connectivity index (χ3v) is 10.7. The number of fused-ring (bicyclic) bond motifs is 1. The smallest absolute Gasteiger partial charge is 0.260 e. The Bertz CT molecular complexity index is 1400. The number of nitrogens with zero attached hydrogens (tertiary/aromatic N) is 4. The molecule has 1 amide bonds. The number of hydrogen-bond donors (Lipinski definition) is 0. The molecule has 12 heteroatoms. The number of ether oxygens (including phenoxy) is 1. The number of aromatic nitrogens is 1. The minimum absolute atomic E-state index is 0. The van der Waals surface area contributed by atoms with Crippen molar-refractivity contribution >= 4 is 71.0 Å². The summed E-state index contributed by atoms with van der Waals surface area (Å²) in [6.45, 7) is 9.88. The molecule has 2 fully saturated rings. The first-order chi connectivity index (χ1) is 18.7. The number of rotatable bonds is 8. The maximum Gasteiger partial charge on any atom is 0.260 e. The highest BCUT2D eigenvalue weighted by Gasteiger charge is 2.32. The maximum atomic E-state index is 13.8. The van der Waals surface area contributed by atoms with Crippen LogP contribution < -0.4 is 4.90 Å². The third-order valence-electron chi connectivity index (χ3n) is 7.35. The van der Waals surface area contributed by atoms with Gasteiger partial charge in [0.05, 0.1) is 28.3 Å². The number of benzene rings is 2. The van der Waals surface area contributed by atoms with Crippen molar-refractivity contribution in [2.45, 2.75) is 31.6 Å². The van der Waals surface area contributed by atoms with Gasteiger partial charge in [0.2, 0.25) is 10.0 Å². The summed E-state index contributed by atoms with van der Waals surface area (Å²) in [6, 6.07) is 12.3. The van der Waals surface area contributed by atoms with Gasteiger partial charge in [-0.1, -0.05) is 41.1 Å². The van der Waals surface area contributed by atoms with Crippen molar-refractivity contribution in [1.29, 1.82) is 0 Å². The zero-order chi connectivity index (χ0) is 27.6. The molecule has 0 bridgehead atoms. The molecule has 0 aliphatic carbocycles. The highest BCUT2D eigenvalue weighted by Crippen LogP contribution is 2.32. The Balaban J connectivity index is 0.00000370. The fourth-order valence-electron chi connectivity index (χ4n) is 5.44. The molecule has 0 saturated carbocycles. The van der Waals surface area contributed by atoms with E-state index < -0.39 is 10.0 Å². The van der Waals surface area contributed by atoms with Crippen LogP contribution in [0.15, 0.2) is 51.8 Å². The molecule has 2 atom stereocenters. The molecule has 2 unspecified atom stereocenters. The predicted molar refractivity (Wildman–Crippen MR) is 166 cm³/mol. The van der Waals surface area contributed by atoms with E-state index in [0.29, 0.717) is 42.2 Å². The molecule has 3 heterocycles. The topological polar surface area (TPSA) is 83.1 Å². The van der Waals surface area contributed by atoms with Crippen molar-refractivity contribution in [3.63, 3.8) is 0 Å². The number of amides is 1. The van der Waals surface area contributed by atoms with Crippen molar-refractivity contribution in [2.75, 3.05) is 57.4 Å². The molecule has 2 aliphatic heterocycles. The Hall–Kier alpha value is -1.60. The largest absolute Gasteiger partial charge is 0.379 e. The van der Waals surface area contributed by atoms with Crippen LogP contribution in [0.5, 0.6) is 0 Å². The van der Waals surface area contributed by atoms with E-state index in [9.17, 15) is 13.2 Å². The second-order valence-electron chi connectivity index (χ2n) is 10.7. The van der Waals surface area contributed by atoms with E-state index >= 15 is 0 Å². The SMILES string of the molecule is CC1CC(C)CN(S(=O)(=O)c2ccc(C(=O)N(CCCN3CCOCC3)c3nc4ccc(Br)cc4s3)cc2)C1.Cl. The standard InChI is InChI=1S/C28H35BrN4O4S2.ClH/c1-20-16-21(2)19-32(18-20)39(35,36)24-7-4-22(5-8-24)27(34)33(11-3-10-31-12-14-37-15-13-31)28-30-25-9-6-23(29)17-26(25)38-28;/h4-9,17,20-21H,3,10-16,18-19H2,1-2H3;1H. The van der Waals surface area contributed by atoms with Crippen molar-refractivity contribution in [3.8, 4) is 0 Å². The van der Waals surface area contributed by atoms with Crippen LogP contribution in [0.1, 0.15) is 37.0 Å². The van der Waals surface area contributed by atoms with E-state index in [2.05, 4.69) is 34.7 Å². The molecule has 2 saturated heterocycles. The van der Waals surface area contributed by atoms with Crippen molar-refractivity contribution in [3.05, 3.63) is 52.5 Å². The number of piperidine rings is 1. The molecule has 8 nitrogen and oxygen atoms in total. The Kier molecular flexibility index (Phi) is 10.6. The molecule has 40 heavy (non-hydrogen) atoms. The van der Waals surface area contributed by atoms with Gasteiger partial charge in [0.15, 0.2) is 5.13 Å². The van der Waals surface area contributed by atoms with Crippen molar-refractivity contribution < 1.29 is 17.9 Å². The first-order valence-electron chi connectivity index (χ1n) is 13.5. The number of sulfonamides is 1. The van der Waals surface area contributed by atoms with Crippen LogP contribution in [0, 0.1) is 11.8 Å². The number of carbonyl (C=O) groups is 1. The van der Waals surface area contributed by atoms with Gasteiger partial charge in [-0.15, -0.1) is 12.4 Å². The monoisotopic (exact) mass is 670 g/mol. The van der Waals surface area contributed by atoms with Gasteiger partial charge in [0, 0.05) is 49.3 Å². The lowest BCUT2D eigenvalue weighted by atomic mass is 9.94. The number of thiazole rings is 1. The maximum absolute atomic E-state index is 13.8. The first-order valence-corrected chi connectivity index (χ1v) is 16.5. The number of morpholine rings is 1. The fourth-order valence-corrected chi connectivity index (χ4v) is 8.66. The molecule has 5 rings (SSSR count). The summed E-state index contributed by atoms with van der Waals surface area (Å²) >= 11 is 5.00. The van der Waals surface area contributed by atoms with Crippen molar-refractivity contribution in [2.24, 2.45) is 11.8 Å². The molecular formula is C28H36BrClN4O4S2. The van der Waals surface area contributed by atoms with E-state index in [1.165, 1.54) is 11.3 Å². The molecule has 3 aromatic rings. The Labute approximate surface area is 255 Å². The zero-order valence-corrected chi connectivity index (χ0v) is 26.8. The van der Waals surface area contributed by atoms with Crippen molar-refractivity contribution in [1.82, 2.24) is 14.2 Å². The summed E-state index contributed by atoms with van der Waals surface area (Å²) in [5, 5.41) is 0.642. The first kappa shape index (κ1) is 31.3. The normalized spacial score (nSPS) is 20.8. The Morgan fingerprint density at radius 1 is 1.10 bits per heavy atom. The lowest BCUT2D eigenvalue weighted by Gasteiger charge is -2.34. The lowest BCUT2D eigenvalue weighted by Crippen LogP contribution is -2.42. The highest BCUT2D eigenvalue weighted by atomic mass is 79.9. The Morgan fingerprint density at radius 2 is 1.77 bits per heavy atom. The molecule has 0 N–H and O–H groups in total. The number of anilines is 1. The van der Waals surface area contributed by atoms with Gasteiger partial charge in [-0.2, -0.15) is 4.31 Å². The van der Waals surface area contributed by atoms with Gasteiger partial charge >= 0.3 is 0 Å². The number of carbonyl (C=O) groups excluding carboxylic acids is 1. The van der Waals surface area contributed by atoms with Gasteiger partial charge in [-0.05, 0) is 67.1 Å². The lowest BCUT2D eigenvalue weighted by molar-refractivity contribution is 0.0376. The summed E-state index contributed by atoms with van der Waals surface area (Å²) in [4.78, 5) is 22.9. The molecule has 2 aromatic carbocycles. The summed E-state index contributed by atoms with van der Waals surface area (Å²) < 4.78 is 35.7. The van der Waals surface area contributed by atoms with E-state index in [-0.39, 0.29) is 23.2 Å². The molecule has 0 radical (unpaired) electrons. The van der Waals surface area contributed by atoms with Gasteiger partial charge < -0.3 is 4.74 Å². The van der Waals surface area contributed by atoms with Crippen LogP contribution in [0.2, 0.25) is 0 Å². The minimum atomic E-state index is -3.61. The molecule has 1 aromatic heterocycles. The minimum Gasteiger partial charge on any atom is -0.379 e. The van der Waals surface area contributed by atoms with Crippen LogP contribution in [0.25, 0.3) is 10.2 Å². The van der Waals surface area contributed by atoms with E-state index in [0.717, 1.165) is 60.4 Å². The molecule has 218 valence electrons. The fraction of sp³-hybridized carbons (Fsp3) is 0.500. The molecule has 2 aliphatic rings. The van der Waals surface area contributed by atoms with Crippen LogP contribution >= 0.6 is 39.7 Å². The third kappa shape index (κ3) is 7.24. The molecule has 0 spiro atoms. The zero-order valence-electron chi connectivity index (χ0n) is 22.8.